The van der Waals surface area contributed by atoms with Crippen molar-refractivity contribution in [2.45, 2.75) is 20.5 Å². The highest BCUT2D eigenvalue weighted by molar-refractivity contribution is 8.18. The average molecular weight is 449 g/mol. The largest absolute Gasteiger partial charge is 0.489 e. The molecule has 0 radical (unpaired) electrons. The Balaban J connectivity index is 1.41. The summed E-state index contributed by atoms with van der Waals surface area (Å²) in [5.74, 6) is 0.620. The van der Waals surface area contributed by atoms with E-state index in [0.717, 1.165) is 28.1 Å². The number of carbonyl (C=O) groups excluding carboxylic acids is 1. The molecule has 0 saturated carbocycles. The van der Waals surface area contributed by atoms with Gasteiger partial charge in [0, 0.05) is 5.02 Å². The second kappa shape index (κ2) is 9.41. The Morgan fingerprint density at radius 1 is 1.03 bits per heavy atom. The van der Waals surface area contributed by atoms with Crippen LogP contribution >= 0.6 is 23.4 Å². The van der Waals surface area contributed by atoms with Gasteiger partial charge in [0.2, 0.25) is 0 Å². The molecular weight excluding hydrogens is 428 g/mol. The molecule has 1 saturated heterocycles. The van der Waals surface area contributed by atoms with Crippen LogP contribution in [0.3, 0.4) is 0 Å². The predicted molar refractivity (Wildman–Crippen MR) is 129 cm³/mol. The smallest absolute Gasteiger partial charge is 0.264 e. The highest BCUT2D eigenvalue weighted by atomic mass is 35.5. The number of rotatable bonds is 5. The van der Waals surface area contributed by atoms with E-state index in [1.807, 2.05) is 80.6 Å². The van der Waals surface area contributed by atoms with Gasteiger partial charge in [-0.3, -0.25) is 4.79 Å². The third-order valence-electron chi connectivity index (χ3n) is 4.72. The van der Waals surface area contributed by atoms with Crippen LogP contribution in [-0.2, 0) is 11.4 Å². The van der Waals surface area contributed by atoms with Crippen molar-refractivity contribution < 1.29 is 9.53 Å². The second-order valence-electron chi connectivity index (χ2n) is 7.26. The van der Waals surface area contributed by atoms with E-state index in [0.29, 0.717) is 21.7 Å². The Kier molecular flexibility index (Phi) is 6.44. The van der Waals surface area contributed by atoms with Gasteiger partial charge in [0.1, 0.15) is 12.4 Å². The fourth-order valence-corrected chi connectivity index (χ4v) is 4.04. The molecule has 1 heterocycles. The summed E-state index contributed by atoms with van der Waals surface area (Å²) in [7, 11) is 0. The standard InChI is InChI=1S/C25H21ClN2O2S/c1-16-3-12-22(17(2)13-16)27-25-28-24(29)23(31-25)14-18-6-10-21(11-7-18)30-15-19-4-8-20(26)9-5-19/h3-14H,15H2,1-2H3,(H,27,28,29). The highest BCUT2D eigenvalue weighted by Crippen LogP contribution is 2.29. The maximum absolute atomic E-state index is 12.4. The number of amides is 1. The maximum atomic E-state index is 12.4. The molecule has 4 nitrogen and oxygen atoms in total. The number of hydrogen-bond donors (Lipinski definition) is 1. The summed E-state index contributed by atoms with van der Waals surface area (Å²) < 4.78 is 5.81. The third kappa shape index (κ3) is 5.57. The predicted octanol–water partition coefficient (Wildman–Crippen LogP) is 6.43. The first-order chi connectivity index (χ1) is 15.0. The summed E-state index contributed by atoms with van der Waals surface area (Å²) in [6.07, 6.45) is 1.85. The van der Waals surface area contributed by atoms with Crippen molar-refractivity contribution in [3.8, 4) is 5.75 Å². The molecule has 1 fully saturated rings. The summed E-state index contributed by atoms with van der Waals surface area (Å²) in [6.45, 7) is 4.53. The number of carbonyl (C=O) groups is 1. The van der Waals surface area contributed by atoms with E-state index in [-0.39, 0.29) is 5.91 Å². The van der Waals surface area contributed by atoms with Gasteiger partial charge in [0.05, 0.1) is 10.6 Å². The third-order valence-corrected chi connectivity index (χ3v) is 5.88. The van der Waals surface area contributed by atoms with Crippen molar-refractivity contribution in [2.75, 3.05) is 0 Å². The molecule has 0 atom stereocenters. The van der Waals surface area contributed by atoms with Crippen molar-refractivity contribution in [2.24, 2.45) is 4.99 Å². The first-order valence-corrected chi connectivity index (χ1v) is 11.0. The first-order valence-electron chi connectivity index (χ1n) is 9.80. The lowest BCUT2D eigenvalue weighted by atomic mass is 10.1. The number of ether oxygens (including phenoxy) is 1. The van der Waals surface area contributed by atoms with E-state index in [4.69, 9.17) is 16.3 Å². The topological polar surface area (TPSA) is 50.7 Å². The maximum Gasteiger partial charge on any atom is 0.264 e. The molecule has 6 heteroatoms. The number of benzene rings is 3. The lowest BCUT2D eigenvalue weighted by molar-refractivity contribution is -0.115. The van der Waals surface area contributed by atoms with Crippen molar-refractivity contribution in [1.29, 1.82) is 0 Å². The van der Waals surface area contributed by atoms with Crippen LogP contribution in [0.1, 0.15) is 22.3 Å². The van der Waals surface area contributed by atoms with E-state index >= 15 is 0 Å². The molecule has 0 aliphatic carbocycles. The van der Waals surface area contributed by atoms with Gasteiger partial charge in [-0.2, -0.15) is 0 Å². The summed E-state index contributed by atoms with van der Waals surface area (Å²) in [4.78, 5) is 17.6. The fraction of sp³-hybridized carbons (Fsp3) is 0.120. The molecule has 1 aliphatic rings. The van der Waals surface area contributed by atoms with Gasteiger partial charge in [0.25, 0.3) is 5.91 Å². The van der Waals surface area contributed by atoms with E-state index in [1.54, 1.807) is 0 Å². The first kappa shape index (κ1) is 21.2. The number of thioether (sulfide) groups is 1. The van der Waals surface area contributed by atoms with Crippen LogP contribution in [0.4, 0.5) is 5.69 Å². The van der Waals surface area contributed by atoms with Crippen molar-refractivity contribution in [1.82, 2.24) is 5.32 Å². The second-order valence-corrected chi connectivity index (χ2v) is 8.72. The molecule has 0 bridgehead atoms. The Bertz CT molecular complexity index is 1170. The Labute approximate surface area is 191 Å². The molecule has 1 aliphatic heterocycles. The minimum atomic E-state index is -0.142. The molecule has 156 valence electrons. The molecular formula is C25H21ClN2O2S. The summed E-state index contributed by atoms with van der Waals surface area (Å²) in [6, 6.07) is 21.3. The van der Waals surface area contributed by atoms with Gasteiger partial charge < -0.3 is 10.1 Å². The van der Waals surface area contributed by atoms with Crippen LogP contribution in [0.15, 0.2) is 76.6 Å². The monoisotopic (exact) mass is 448 g/mol. The summed E-state index contributed by atoms with van der Waals surface area (Å²) in [5, 5.41) is 4.13. The van der Waals surface area contributed by atoms with Crippen LogP contribution in [0.2, 0.25) is 5.02 Å². The number of halogens is 1. The zero-order chi connectivity index (χ0) is 21.8. The fourth-order valence-electron chi connectivity index (χ4n) is 3.08. The Morgan fingerprint density at radius 2 is 1.77 bits per heavy atom. The van der Waals surface area contributed by atoms with Gasteiger partial charge in [0.15, 0.2) is 5.17 Å². The quantitative estimate of drug-likeness (QED) is 0.457. The lowest BCUT2D eigenvalue weighted by Gasteiger charge is -2.06. The van der Waals surface area contributed by atoms with Gasteiger partial charge in [-0.05, 0) is 78.7 Å². The van der Waals surface area contributed by atoms with Gasteiger partial charge in [-0.15, -0.1) is 0 Å². The highest BCUT2D eigenvalue weighted by Gasteiger charge is 2.24. The normalized spacial score (nSPS) is 16.0. The van der Waals surface area contributed by atoms with E-state index in [1.165, 1.54) is 17.3 Å². The van der Waals surface area contributed by atoms with Gasteiger partial charge in [-0.25, -0.2) is 4.99 Å². The zero-order valence-electron chi connectivity index (χ0n) is 17.2. The summed E-state index contributed by atoms with van der Waals surface area (Å²) >= 11 is 7.25. The minimum absolute atomic E-state index is 0.142. The summed E-state index contributed by atoms with van der Waals surface area (Å²) in [5.41, 5.74) is 5.09. The lowest BCUT2D eigenvalue weighted by Crippen LogP contribution is -2.19. The molecule has 31 heavy (non-hydrogen) atoms. The molecule has 1 N–H and O–H groups in total. The van der Waals surface area contributed by atoms with Crippen LogP contribution in [0.5, 0.6) is 5.75 Å². The number of aliphatic imine (C=N–C) groups is 1. The van der Waals surface area contributed by atoms with Crippen molar-refractivity contribution >= 4 is 46.2 Å². The molecule has 3 aromatic rings. The van der Waals surface area contributed by atoms with Crippen LogP contribution in [0.25, 0.3) is 6.08 Å². The molecule has 4 rings (SSSR count). The van der Waals surface area contributed by atoms with E-state index < -0.39 is 0 Å². The van der Waals surface area contributed by atoms with E-state index in [2.05, 4.69) is 16.4 Å². The molecule has 0 aromatic heterocycles. The number of nitrogens with one attached hydrogen (secondary N) is 1. The number of aryl methyl sites for hydroxylation is 2. The number of nitrogens with zero attached hydrogens (tertiary/aromatic N) is 1. The zero-order valence-corrected chi connectivity index (χ0v) is 18.8. The van der Waals surface area contributed by atoms with Gasteiger partial charge >= 0.3 is 0 Å². The molecule has 0 unspecified atom stereocenters. The number of amidine groups is 1. The number of hydrogen-bond acceptors (Lipinski definition) is 4. The van der Waals surface area contributed by atoms with Crippen molar-refractivity contribution in [3.05, 3.63) is 98.9 Å². The Morgan fingerprint density at radius 3 is 2.48 bits per heavy atom. The molecule has 1 amide bonds. The van der Waals surface area contributed by atoms with Crippen LogP contribution < -0.4 is 10.1 Å². The molecule has 0 spiro atoms. The molecule has 3 aromatic carbocycles. The van der Waals surface area contributed by atoms with Crippen molar-refractivity contribution in [3.63, 3.8) is 0 Å². The Hall–Kier alpha value is -3.02. The van der Waals surface area contributed by atoms with Crippen LogP contribution in [-0.4, -0.2) is 11.1 Å². The average Bonchev–Trinajstić information content (AvgIpc) is 3.09. The van der Waals surface area contributed by atoms with E-state index in [9.17, 15) is 4.79 Å². The minimum Gasteiger partial charge on any atom is -0.489 e. The SMILES string of the molecule is Cc1ccc(N=C2NC(=O)C(=Cc3ccc(OCc4ccc(Cl)cc4)cc3)S2)c(C)c1. The van der Waals surface area contributed by atoms with Gasteiger partial charge in [-0.1, -0.05) is 53.6 Å². The van der Waals surface area contributed by atoms with Crippen LogP contribution in [0, 0.1) is 13.8 Å².